The molecule has 0 saturated heterocycles. The summed E-state index contributed by atoms with van der Waals surface area (Å²) < 4.78 is 31.3. The number of benzene rings is 1. The van der Waals surface area contributed by atoms with Gasteiger partial charge in [0.05, 0.1) is 11.3 Å². The summed E-state index contributed by atoms with van der Waals surface area (Å²) in [5.74, 6) is 0.655. The number of rotatable bonds is 4. The highest BCUT2D eigenvalue weighted by atomic mass is 35.5. The molecule has 0 amide bonds. The first-order valence-electron chi connectivity index (χ1n) is 6.87. The second kappa shape index (κ2) is 6.08. The van der Waals surface area contributed by atoms with E-state index in [0.29, 0.717) is 22.1 Å². The summed E-state index contributed by atoms with van der Waals surface area (Å²) in [6.45, 7) is 3.12. The number of hydrogen-bond donors (Lipinski definition) is 0. The maximum absolute atomic E-state index is 12.4. The van der Waals surface area contributed by atoms with Gasteiger partial charge in [-0.1, -0.05) is 16.8 Å². The highest BCUT2D eigenvalue weighted by Gasteiger charge is 2.17. The standard InChI is InChI=1S/C15H13ClF2N4O/c1-8-5-10(16)3-4-11(8)14-19-15(23-21-14)12-6-22(7-13(17)18)20-9(12)2/h3-6,13H,7H2,1-2H3. The molecule has 0 unspecified atom stereocenters. The molecule has 0 aliphatic rings. The number of aromatic nitrogens is 4. The summed E-state index contributed by atoms with van der Waals surface area (Å²) in [6.07, 6.45) is -0.995. The third kappa shape index (κ3) is 3.24. The van der Waals surface area contributed by atoms with Crippen molar-refractivity contribution in [2.45, 2.75) is 26.8 Å². The van der Waals surface area contributed by atoms with Gasteiger partial charge in [-0.25, -0.2) is 8.78 Å². The smallest absolute Gasteiger partial charge is 0.261 e. The summed E-state index contributed by atoms with van der Waals surface area (Å²) in [7, 11) is 0. The topological polar surface area (TPSA) is 56.7 Å². The van der Waals surface area contributed by atoms with Crippen LogP contribution in [0.15, 0.2) is 28.9 Å². The third-order valence-electron chi connectivity index (χ3n) is 3.36. The molecular formula is C15H13ClF2N4O. The third-order valence-corrected chi connectivity index (χ3v) is 3.59. The minimum Gasteiger partial charge on any atom is -0.333 e. The molecule has 0 aliphatic heterocycles. The summed E-state index contributed by atoms with van der Waals surface area (Å²) in [5, 5.41) is 8.60. The molecule has 23 heavy (non-hydrogen) atoms. The van der Waals surface area contributed by atoms with Crippen molar-refractivity contribution in [3.63, 3.8) is 0 Å². The number of nitrogens with zero attached hydrogens (tertiary/aromatic N) is 4. The first-order chi connectivity index (χ1) is 10.9. The van der Waals surface area contributed by atoms with Gasteiger partial charge in [-0.15, -0.1) is 0 Å². The van der Waals surface area contributed by atoms with E-state index in [1.807, 2.05) is 6.92 Å². The van der Waals surface area contributed by atoms with Crippen molar-refractivity contribution in [3.05, 3.63) is 40.7 Å². The Balaban J connectivity index is 1.94. The zero-order chi connectivity index (χ0) is 16.6. The predicted octanol–water partition coefficient (Wildman–Crippen LogP) is 4.14. The lowest BCUT2D eigenvalue weighted by atomic mass is 10.1. The van der Waals surface area contributed by atoms with E-state index >= 15 is 0 Å². The summed E-state index contributed by atoms with van der Waals surface area (Å²) in [4.78, 5) is 4.33. The van der Waals surface area contributed by atoms with Crippen molar-refractivity contribution >= 4 is 11.6 Å². The van der Waals surface area contributed by atoms with Crippen molar-refractivity contribution in [1.29, 1.82) is 0 Å². The molecule has 2 heterocycles. The van der Waals surface area contributed by atoms with E-state index < -0.39 is 13.0 Å². The van der Waals surface area contributed by atoms with Gasteiger partial charge in [-0.2, -0.15) is 10.1 Å². The van der Waals surface area contributed by atoms with Gasteiger partial charge < -0.3 is 4.52 Å². The molecule has 0 bridgehead atoms. The molecule has 3 rings (SSSR count). The van der Waals surface area contributed by atoms with Crippen molar-refractivity contribution in [2.24, 2.45) is 0 Å². The molecule has 1 aromatic carbocycles. The molecule has 0 fully saturated rings. The highest BCUT2D eigenvalue weighted by molar-refractivity contribution is 6.30. The van der Waals surface area contributed by atoms with Gasteiger partial charge in [-0.05, 0) is 37.6 Å². The molecule has 0 radical (unpaired) electrons. The van der Waals surface area contributed by atoms with E-state index in [9.17, 15) is 8.78 Å². The molecule has 2 aromatic heterocycles. The van der Waals surface area contributed by atoms with Crippen LogP contribution < -0.4 is 0 Å². The molecule has 120 valence electrons. The largest absolute Gasteiger partial charge is 0.333 e. The maximum atomic E-state index is 12.4. The van der Waals surface area contributed by atoms with Gasteiger partial charge in [0, 0.05) is 16.8 Å². The van der Waals surface area contributed by atoms with Crippen LogP contribution in [-0.4, -0.2) is 26.3 Å². The quantitative estimate of drug-likeness (QED) is 0.717. The summed E-state index contributed by atoms with van der Waals surface area (Å²) in [6, 6.07) is 5.35. The molecule has 5 nitrogen and oxygen atoms in total. The van der Waals surface area contributed by atoms with Gasteiger partial charge in [0.25, 0.3) is 12.3 Å². The second-order valence-corrected chi connectivity index (χ2v) is 5.56. The number of alkyl halides is 2. The van der Waals surface area contributed by atoms with Crippen LogP contribution in [0.5, 0.6) is 0 Å². The van der Waals surface area contributed by atoms with Crippen molar-refractivity contribution < 1.29 is 13.3 Å². The normalized spacial score (nSPS) is 11.4. The van der Waals surface area contributed by atoms with E-state index in [2.05, 4.69) is 15.2 Å². The average Bonchev–Trinajstić information content (AvgIpc) is 3.05. The highest BCUT2D eigenvalue weighted by Crippen LogP contribution is 2.27. The van der Waals surface area contributed by atoms with E-state index in [1.54, 1.807) is 25.1 Å². The Kier molecular flexibility index (Phi) is 4.12. The molecule has 3 aromatic rings. The lowest BCUT2D eigenvalue weighted by Crippen LogP contribution is -2.06. The number of hydrogen-bond acceptors (Lipinski definition) is 4. The molecular weight excluding hydrogens is 326 g/mol. The Hall–Kier alpha value is -2.28. The van der Waals surface area contributed by atoms with Crippen LogP contribution in [0.2, 0.25) is 5.02 Å². The maximum Gasteiger partial charge on any atom is 0.261 e. The van der Waals surface area contributed by atoms with E-state index in [-0.39, 0.29) is 5.89 Å². The molecule has 0 atom stereocenters. The van der Waals surface area contributed by atoms with Crippen LogP contribution in [0.25, 0.3) is 22.8 Å². The van der Waals surface area contributed by atoms with Gasteiger partial charge >= 0.3 is 0 Å². The van der Waals surface area contributed by atoms with Gasteiger partial charge in [0.15, 0.2) is 0 Å². The summed E-state index contributed by atoms with van der Waals surface area (Å²) >= 11 is 5.93. The van der Waals surface area contributed by atoms with Gasteiger partial charge in [-0.3, -0.25) is 4.68 Å². The monoisotopic (exact) mass is 338 g/mol. The van der Waals surface area contributed by atoms with Crippen molar-refractivity contribution in [1.82, 2.24) is 19.9 Å². The minimum absolute atomic E-state index is 0.243. The van der Waals surface area contributed by atoms with Crippen LogP contribution in [-0.2, 0) is 6.54 Å². The van der Waals surface area contributed by atoms with Crippen LogP contribution >= 0.6 is 11.6 Å². The minimum atomic E-state index is -2.47. The van der Waals surface area contributed by atoms with Crippen LogP contribution in [0.4, 0.5) is 8.78 Å². The first kappa shape index (κ1) is 15.6. The second-order valence-electron chi connectivity index (χ2n) is 5.12. The Morgan fingerprint density at radius 3 is 2.74 bits per heavy atom. The van der Waals surface area contributed by atoms with Crippen LogP contribution in [0.3, 0.4) is 0 Å². The number of halogens is 3. The molecule has 0 aliphatic carbocycles. The summed E-state index contributed by atoms with van der Waals surface area (Å²) in [5.41, 5.74) is 2.79. The Morgan fingerprint density at radius 2 is 2.04 bits per heavy atom. The molecule has 0 saturated carbocycles. The van der Waals surface area contributed by atoms with Crippen molar-refractivity contribution in [2.75, 3.05) is 0 Å². The lowest BCUT2D eigenvalue weighted by Gasteiger charge is -2.00. The Labute approximate surface area is 135 Å². The average molecular weight is 339 g/mol. The van der Waals surface area contributed by atoms with E-state index in [0.717, 1.165) is 11.1 Å². The predicted molar refractivity (Wildman–Crippen MR) is 81.4 cm³/mol. The molecule has 0 spiro atoms. The van der Waals surface area contributed by atoms with Crippen LogP contribution in [0.1, 0.15) is 11.3 Å². The van der Waals surface area contributed by atoms with Gasteiger partial charge in [0.1, 0.15) is 6.54 Å². The van der Waals surface area contributed by atoms with E-state index in [4.69, 9.17) is 16.1 Å². The van der Waals surface area contributed by atoms with E-state index in [1.165, 1.54) is 10.9 Å². The zero-order valence-corrected chi connectivity index (χ0v) is 13.2. The Morgan fingerprint density at radius 1 is 1.26 bits per heavy atom. The Bertz CT molecular complexity index is 844. The SMILES string of the molecule is Cc1cc(Cl)ccc1-c1noc(-c2cn(CC(F)F)nc2C)n1. The first-order valence-corrected chi connectivity index (χ1v) is 7.24. The molecule has 8 heteroatoms. The molecule has 0 N–H and O–H groups in total. The van der Waals surface area contributed by atoms with Crippen LogP contribution in [0, 0.1) is 13.8 Å². The fourth-order valence-corrected chi connectivity index (χ4v) is 2.51. The fourth-order valence-electron chi connectivity index (χ4n) is 2.28. The fraction of sp³-hybridized carbons (Fsp3) is 0.267. The van der Waals surface area contributed by atoms with Gasteiger partial charge in [0.2, 0.25) is 5.82 Å². The zero-order valence-electron chi connectivity index (χ0n) is 12.4. The van der Waals surface area contributed by atoms with Crippen molar-refractivity contribution in [3.8, 4) is 22.8 Å². The lowest BCUT2D eigenvalue weighted by molar-refractivity contribution is 0.121. The number of aryl methyl sites for hydroxylation is 2.